The Morgan fingerprint density at radius 3 is 2.63 bits per heavy atom. The van der Waals surface area contributed by atoms with E-state index < -0.39 is 0 Å². The van der Waals surface area contributed by atoms with Gasteiger partial charge >= 0.3 is 0 Å². The summed E-state index contributed by atoms with van der Waals surface area (Å²) in [7, 11) is 0. The minimum absolute atomic E-state index is 0.217. The van der Waals surface area contributed by atoms with E-state index in [1.165, 1.54) is 0 Å². The lowest BCUT2D eigenvalue weighted by molar-refractivity contribution is -0.130. The Hall–Kier alpha value is -1.36. The molecule has 0 aliphatic rings. The Kier molecular flexibility index (Phi) is 6.56. The maximum Gasteiger partial charge on any atom is 0.223 e. The Morgan fingerprint density at radius 1 is 1.42 bits per heavy atom. The van der Waals surface area contributed by atoms with Crippen molar-refractivity contribution in [1.82, 2.24) is 20.0 Å². The highest BCUT2D eigenvalue weighted by Gasteiger charge is 2.11. The number of hydrogen-bond acceptors (Lipinski definition) is 3. The Bertz CT molecular complexity index is 385. The van der Waals surface area contributed by atoms with Crippen LogP contribution in [0.15, 0.2) is 12.4 Å². The second kappa shape index (κ2) is 7.94. The van der Waals surface area contributed by atoms with E-state index in [1.54, 1.807) is 0 Å². The van der Waals surface area contributed by atoms with Crippen molar-refractivity contribution in [2.75, 3.05) is 19.6 Å². The van der Waals surface area contributed by atoms with Crippen LogP contribution in [0.25, 0.3) is 0 Å². The van der Waals surface area contributed by atoms with Crippen LogP contribution in [-0.4, -0.2) is 40.2 Å². The summed E-state index contributed by atoms with van der Waals surface area (Å²) in [4.78, 5) is 13.7. The van der Waals surface area contributed by atoms with Crippen LogP contribution in [0, 0.1) is 0 Å². The first-order chi connectivity index (χ1) is 9.12. The monoisotopic (exact) mass is 266 g/mol. The van der Waals surface area contributed by atoms with Gasteiger partial charge in [0.25, 0.3) is 0 Å². The van der Waals surface area contributed by atoms with Crippen LogP contribution < -0.4 is 5.32 Å². The van der Waals surface area contributed by atoms with Gasteiger partial charge in [0.2, 0.25) is 5.91 Å². The molecule has 0 aromatic carbocycles. The van der Waals surface area contributed by atoms with Crippen molar-refractivity contribution in [2.45, 2.75) is 46.7 Å². The van der Waals surface area contributed by atoms with Crippen LogP contribution in [-0.2, 0) is 11.3 Å². The normalized spacial score (nSPS) is 12.4. The molecule has 0 saturated heterocycles. The van der Waals surface area contributed by atoms with Crippen LogP contribution in [0.3, 0.4) is 0 Å². The molecule has 5 heteroatoms. The molecule has 5 nitrogen and oxygen atoms in total. The van der Waals surface area contributed by atoms with Crippen molar-refractivity contribution in [3.8, 4) is 0 Å². The number of aryl methyl sites for hydroxylation is 1. The predicted molar refractivity (Wildman–Crippen MR) is 76.9 cm³/mol. The van der Waals surface area contributed by atoms with Crippen molar-refractivity contribution < 1.29 is 4.79 Å². The fraction of sp³-hybridized carbons (Fsp3) is 0.714. The van der Waals surface area contributed by atoms with Crippen LogP contribution in [0.5, 0.6) is 0 Å². The van der Waals surface area contributed by atoms with Gasteiger partial charge in [0.15, 0.2) is 0 Å². The minimum Gasteiger partial charge on any atom is -0.343 e. The van der Waals surface area contributed by atoms with Crippen molar-refractivity contribution in [2.24, 2.45) is 0 Å². The van der Waals surface area contributed by atoms with Crippen molar-refractivity contribution in [1.29, 1.82) is 0 Å². The number of hydrogen-bond donors (Lipinski definition) is 1. The third kappa shape index (κ3) is 4.67. The van der Waals surface area contributed by atoms with Gasteiger partial charge in [-0.2, -0.15) is 5.10 Å². The number of nitrogens with zero attached hydrogens (tertiary/aromatic N) is 3. The quantitative estimate of drug-likeness (QED) is 0.780. The summed E-state index contributed by atoms with van der Waals surface area (Å²) >= 11 is 0. The second-order valence-electron chi connectivity index (χ2n) is 4.62. The molecule has 1 atom stereocenters. The molecule has 1 amide bonds. The molecule has 1 unspecified atom stereocenters. The van der Waals surface area contributed by atoms with Crippen molar-refractivity contribution >= 4 is 5.91 Å². The number of carbonyl (C=O) groups excluding carboxylic acids is 1. The van der Waals surface area contributed by atoms with E-state index in [0.717, 1.165) is 25.2 Å². The van der Waals surface area contributed by atoms with Gasteiger partial charge in [0.1, 0.15) is 0 Å². The van der Waals surface area contributed by atoms with Gasteiger partial charge in [-0.15, -0.1) is 0 Å². The van der Waals surface area contributed by atoms with Crippen LogP contribution in [0.2, 0.25) is 0 Å². The van der Waals surface area contributed by atoms with Crippen molar-refractivity contribution in [3.63, 3.8) is 0 Å². The van der Waals surface area contributed by atoms with E-state index in [4.69, 9.17) is 0 Å². The molecule has 19 heavy (non-hydrogen) atoms. The number of rotatable bonds is 8. The molecule has 0 bridgehead atoms. The molecule has 0 aliphatic heterocycles. The van der Waals surface area contributed by atoms with E-state index in [-0.39, 0.29) is 11.9 Å². The minimum atomic E-state index is 0.217. The predicted octanol–water partition coefficient (Wildman–Crippen LogP) is 1.81. The molecular weight excluding hydrogens is 240 g/mol. The Balaban J connectivity index is 2.34. The highest BCUT2D eigenvalue weighted by Crippen LogP contribution is 2.10. The molecule has 0 saturated carbocycles. The summed E-state index contributed by atoms with van der Waals surface area (Å²) in [5.74, 6) is 0.217. The van der Waals surface area contributed by atoms with E-state index in [9.17, 15) is 4.79 Å². The van der Waals surface area contributed by atoms with Gasteiger partial charge in [-0.1, -0.05) is 0 Å². The summed E-state index contributed by atoms with van der Waals surface area (Å²) in [6.07, 6.45) is 4.48. The van der Waals surface area contributed by atoms with E-state index in [1.807, 2.05) is 35.8 Å². The maximum atomic E-state index is 11.8. The SMILES string of the molecule is CCN(CC)C(=O)CCNC(C)c1cnn(CC)c1. The summed E-state index contributed by atoms with van der Waals surface area (Å²) in [6.45, 7) is 11.3. The average molecular weight is 266 g/mol. The van der Waals surface area contributed by atoms with Gasteiger partial charge in [0.05, 0.1) is 6.20 Å². The van der Waals surface area contributed by atoms with Gasteiger partial charge < -0.3 is 10.2 Å². The summed E-state index contributed by atoms with van der Waals surface area (Å²) in [6, 6.07) is 0.227. The third-order valence-corrected chi connectivity index (χ3v) is 3.38. The molecule has 0 fully saturated rings. The van der Waals surface area contributed by atoms with E-state index in [2.05, 4.69) is 24.3 Å². The zero-order chi connectivity index (χ0) is 14.3. The first-order valence-electron chi connectivity index (χ1n) is 7.15. The van der Waals surface area contributed by atoms with Crippen LogP contribution in [0.1, 0.15) is 45.7 Å². The molecule has 1 aromatic rings. The highest BCUT2D eigenvalue weighted by molar-refractivity contribution is 5.76. The van der Waals surface area contributed by atoms with Crippen LogP contribution in [0.4, 0.5) is 0 Å². The smallest absolute Gasteiger partial charge is 0.223 e. The Morgan fingerprint density at radius 2 is 2.11 bits per heavy atom. The molecule has 108 valence electrons. The summed E-state index contributed by atoms with van der Waals surface area (Å²) in [5, 5.41) is 7.62. The largest absolute Gasteiger partial charge is 0.343 e. The van der Waals surface area contributed by atoms with Gasteiger partial charge in [-0.25, -0.2) is 0 Å². The lowest BCUT2D eigenvalue weighted by atomic mass is 10.2. The van der Waals surface area contributed by atoms with Gasteiger partial charge in [-0.3, -0.25) is 9.48 Å². The lowest BCUT2D eigenvalue weighted by Crippen LogP contribution is -2.33. The fourth-order valence-corrected chi connectivity index (χ4v) is 2.02. The number of aromatic nitrogens is 2. The standard InChI is InChI=1S/C14H26N4O/c1-5-17(6-2)14(19)8-9-15-12(4)13-10-16-18(7-3)11-13/h10-12,15H,5-9H2,1-4H3. The fourth-order valence-electron chi connectivity index (χ4n) is 2.02. The zero-order valence-electron chi connectivity index (χ0n) is 12.5. The number of amides is 1. The topological polar surface area (TPSA) is 50.2 Å². The highest BCUT2D eigenvalue weighted by atomic mass is 16.2. The molecule has 0 radical (unpaired) electrons. The van der Waals surface area contributed by atoms with Crippen molar-refractivity contribution in [3.05, 3.63) is 18.0 Å². The first-order valence-corrected chi connectivity index (χ1v) is 7.15. The molecular formula is C14H26N4O. The maximum absolute atomic E-state index is 11.8. The summed E-state index contributed by atoms with van der Waals surface area (Å²) < 4.78 is 1.91. The molecule has 0 aliphatic carbocycles. The molecule has 1 heterocycles. The zero-order valence-corrected chi connectivity index (χ0v) is 12.5. The third-order valence-electron chi connectivity index (χ3n) is 3.38. The number of carbonyl (C=O) groups is 1. The van der Waals surface area contributed by atoms with E-state index in [0.29, 0.717) is 13.0 Å². The van der Waals surface area contributed by atoms with E-state index >= 15 is 0 Å². The lowest BCUT2D eigenvalue weighted by Gasteiger charge is -2.19. The summed E-state index contributed by atoms with van der Waals surface area (Å²) in [5.41, 5.74) is 1.16. The molecule has 1 aromatic heterocycles. The second-order valence-corrected chi connectivity index (χ2v) is 4.62. The average Bonchev–Trinajstić information content (AvgIpc) is 2.89. The number of nitrogens with one attached hydrogen (secondary N) is 1. The molecule has 0 spiro atoms. The first kappa shape index (κ1) is 15.7. The van der Waals surface area contributed by atoms with Crippen LogP contribution >= 0.6 is 0 Å². The van der Waals surface area contributed by atoms with Gasteiger partial charge in [0, 0.05) is 50.4 Å². The van der Waals surface area contributed by atoms with Gasteiger partial charge in [-0.05, 0) is 27.7 Å². The Labute approximate surface area is 116 Å². The molecule has 1 N–H and O–H groups in total. The molecule has 1 rings (SSSR count).